The summed E-state index contributed by atoms with van der Waals surface area (Å²) in [5, 5.41) is 19.9. The molecule has 1 aliphatic heterocycles. The normalized spacial score (nSPS) is 15.6. The number of hydrazone groups is 1. The number of amides is 2. The van der Waals surface area contributed by atoms with Gasteiger partial charge in [-0.2, -0.15) is 5.10 Å². The molecule has 12 heteroatoms. The summed E-state index contributed by atoms with van der Waals surface area (Å²) in [4.78, 5) is 24.6. The van der Waals surface area contributed by atoms with Crippen LogP contribution in [0.15, 0.2) is 52.8 Å². The Morgan fingerprint density at radius 1 is 1.00 bits per heavy atom. The maximum atomic E-state index is 12.4. The van der Waals surface area contributed by atoms with Crippen molar-refractivity contribution in [3.63, 3.8) is 0 Å². The molecule has 0 aromatic heterocycles. The van der Waals surface area contributed by atoms with Crippen molar-refractivity contribution in [1.82, 2.24) is 16.1 Å². The third-order valence-electron chi connectivity index (χ3n) is 5.95. The van der Waals surface area contributed by atoms with Crippen LogP contribution < -0.4 is 35.0 Å². The highest BCUT2D eigenvalue weighted by Crippen LogP contribution is 2.35. The minimum Gasteiger partial charge on any atom is -0.490 e. The number of hydrogen-bond acceptors (Lipinski definition) is 10. The first-order chi connectivity index (χ1) is 20.2. The third-order valence-corrected chi connectivity index (χ3v) is 5.95. The fourth-order valence-corrected chi connectivity index (χ4v) is 4.07. The number of urea groups is 1. The van der Waals surface area contributed by atoms with Crippen molar-refractivity contribution in [2.45, 2.75) is 46.9 Å². The number of methoxy groups -OCH3 is 1. The van der Waals surface area contributed by atoms with E-state index in [-0.39, 0.29) is 12.2 Å². The van der Waals surface area contributed by atoms with Crippen LogP contribution in [0.1, 0.15) is 51.8 Å². The molecule has 2 aromatic rings. The van der Waals surface area contributed by atoms with Gasteiger partial charge in [0, 0.05) is 5.70 Å². The van der Waals surface area contributed by atoms with Crippen LogP contribution in [0.3, 0.4) is 0 Å². The Bertz CT molecular complexity index is 1290. The topological polar surface area (TPSA) is 149 Å². The maximum absolute atomic E-state index is 12.4. The second-order valence-corrected chi connectivity index (χ2v) is 9.76. The molecular formula is C30H40N4O8. The molecule has 1 heterocycles. The standard InChI is InChI=1S/C30H40N4O8/c1-7-39-24-13-20(9-11-22(24)41-16-18(3)4)15-31-34-26(35)17-42-23-12-10-21(14-25(23)40-8-2)28-27(29(36)38-6)19(5)32-30(37)33-28/h9-15,18,26,28,34-35H,7-8,16-17H2,1-6H3,(H2,32,33,37)/b31-15-/t26-,28-/m0/s1. The van der Waals surface area contributed by atoms with Crippen molar-refractivity contribution in [3.8, 4) is 23.0 Å². The van der Waals surface area contributed by atoms with E-state index >= 15 is 0 Å². The van der Waals surface area contributed by atoms with Gasteiger partial charge in [-0.25, -0.2) is 9.59 Å². The van der Waals surface area contributed by atoms with Gasteiger partial charge in [0.25, 0.3) is 0 Å². The highest BCUT2D eigenvalue weighted by atomic mass is 16.5. The number of nitrogens with one attached hydrogen (secondary N) is 3. The molecule has 0 aliphatic carbocycles. The lowest BCUT2D eigenvalue weighted by molar-refractivity contribution is -0.136. The van der Waals surface area contributed by atoms with E-state index in [1.807, 2.05) is 32.0 Å². The van der Waals surface area contributed by atoms with Crippen molar-refractivity contribution in [2.75, 3.05) is 33.5 Å². The number of carbonyl (C=O) groups is 2. The van der Waals surface area contributed by atoms with Crippen molar-refractivity contribution < 1.29 is 38.4 Å². The summed E-state index contributed by atoms with van der Waals surface area (Å²) in [7, 11) is 1.28. The van der Waals surface area contributed by atoms with E-state index in [9.17, 15) is 14.7 Å². The van der Waals surface area contributed by atoms with Gasteiger partial charge in [0.1, 0.15) is 6.61 Å². The fraction of sp³-hybridized carbons (Fsp3) is 0.433. The molecule has 0 radical (unpaired) electrons. The SMILES string of the molecule is CCOc1cc(/C=N\N[C@@H](O)COc2ccc([C@@H]3NC(=O)NC(C)=C3C(=O)OC)cc2OCC)ccc1OCC(C)C. The van der Waals surface area contributed by atoms with Crippen molar-refractivity contribution >= 4 is 18.2 Å². The summed E-state index contributed by atoms with van der Waals surface area (Å²) in [6.45, 7) is 10.8. The number of esters is 1. The van der Waals surface area contributed by atoms with Crippen LogP contribution in [0.5, 0.6) is 23.0 Å². The van der Waals surface area contributed by atoms with Crippen molar-refractivity contribution in [2.24, 2.45) is 11.0 Å². The molecule has 0 spiro atoms. The van der Waals surface area contributed by atoms with Crippen LogP contribution in [0, 0.1) is 5.92 Å². The van der Waals surface area contributed by atoms with Gasteiger partial charge < -0.3 is 39.4 Å². The average Bonchev–Trinajstić information content (AvgIpc) is 2.95. The lowest BCUT2D eigenvalue weighted by Gasteiger charge is -2.28. The monoisotopic (exact) mass is 584 g/mol. The number of ether oxygens (including phenoxy) is 5. The Hall–Kier alpha value is -4.45. The Morgan fingerprint density at radius 2 is 1.64 bits per heavy atom. The molecule has 228 valence electrons. The van der Waals surface area contributed by atoms with E-state index in [0.29, 0.717) is 60.0 Å². The summed E-state index contributed by atoms with van der Waals surface area (Å²) in [6, 6.07) is 9.31. The van der Waals surface area contributed by atoms with E-state index in [2.05, 4.69) is 35.0 Å². The zero-order valence-electron chi connectivity index (χ0n) is 24.9. The minimum atomic E-state index is -1.13. The number of benzene rings is 2. The zero-order valence-corrected chi connectivity index (χ0v) is 24.9. The van der Waals surface area contributed by atoms with E-state index in [0.717, 1.165) is 5.56 Å². The van der Waals surface area contributed by atoms with Crippen molar-refractivity contribution in [1.29, 1.82) is 0 Å². The Labute approximate surface area is 246 Å². The summed E-state index contributed by atoms with van der Waals surface area (Å²) >= 11 is 0. The first-order valence-corrected chi connectivity index (χ1v) is 13.8. The minimum absolute atomic E-state index is 0.139. The lowest BCUT2D eigenvalue weighted by atomic mass is 9.95. The van der Waals surface area contributed by atoms with Crippen LogP contribution in [-0.2, 0) is 9.53 Å². The molecule has 12 nitrogen and oxygen atoms in total. The summed E-state index contributed by atoms with van der Waals surface area (Å²) in [5.41, 5.74) is 4.65. The number of carbonyl (C=O) groups excluding carboxylic acids is 2. The number of hydrogen-bond donors (Lipinski definition) is 4. The molecule has 2 atom stereocenters. The number of nitrogens with zero attached hydrogens (tertiary/aromatic N) is 1. The molecule has 3 rings (SSSR count). The summed E-state index contributed by atoms with van der Waals surface area (Å²) in [5.74, 6) is 1.84. The van der Waals surface area contributed by atoms with Gasteiger partial charge in [0.05, 0.1) is 44.8 Å². The lowest BCUT2D eigenvalue weighted by Crippen LogP contribution is -2.45. The van der Waals surface area contributed by atoms with Crippen molar-refractivity contribution in [3.05, 3.63) is 58.8 Å². The summed E-state index contributed by atoms with van der Waals surface area (Å²) in [6.07, 6.45) is 0.427. The van der Waals surface area contributed by atoms with Gasteiger partial charge in [-0.15, -0.1) is 0 Å². The number of rotatable bonds is 15. The molecule has 4 N–H and O–H groups in total. The van der Waals surface area contributed by atoms with Gasteiger partial charge in [-0.1, -0.05) is 19.9 Å². The maximum Gasteiger partial charge on any atom is 0.337 e. The highest BCUT2D eigenvalue weighted by Gasteiger charge is 2.32. The largest absolute Gasteiger partial charge is 0.490 e. The smallest absolute Gasteiger partial charge is 0.337 e. The molecule has 0 saturated heterocycles. The van der Waals surface area contributed by atoms with Crippen LogP contribution in [0.4, 0.5) is 4.79 Å². The molecule has 0 saturated carbocycles. The molecule has 2 amide bonds. The number of allylic oxidation sites excluding steroid dienone is 1. The predicted octanol–water partition coefficient (Wildman–Crippen LogP) is 3.64. The van der Waals surface area contributed by atoms with Gasteiger partial charge in [-0.3, -0.25) is 5.43 Å². The molecule has 0 fully saturated rings. The predicted molar refractivity (Wildman–Crippen MR) is 157 cm³/mol. The second kappa shape index (κ2) is 15.5. The molecule has 2 aromatic carbocycles. The molecule has 0 bridgehead atoms. The quantitative estimate of drug-likeness (QED) is 0.107. The van der Waals surface area contributed by atoms with Crippen LogP contribution in [-0.4, -0.2) is 63.1 Å². The molecular weight excluding hydrogens is 544 g/mol. The number of aliphatic hydroxyl groups excluding tert-OH is 1. The van der Waals surface area contributed by atoms with Gasteiger partial charge in [0.2, 0.25) is 0 Å². The first-order valence-electron chi connectivity index (χ1n) is 13.8. The van der Waals surface area contributed by atoms with Crippen LogP contribution in [0.2, 0.25) is 0 Å². The Morgan fingerprint density at radius 3 is 2.29 bits per heavy atom. The van der Waals surface area contributed by atoms with Gasteiger partial charge in [-0.05, 0) is 68.1 Å². The first kappa shape index (κ1) is 32.1. The van der Waals surface area contributed by atoms with E-state index < -0.39 is 24.3 Å². The average molecular weight is 585 g/mol. The zero-order chi connectivity index (χ0) is 30.6. The Kier molecular flexibility index (Phi) is 11.9. The molecule has 1 aliphatic rings. The molecule has 42 heavy (non-hydrogen) atoms. The van der Waals surface area contributed by atoms with Gasteiger partial charge in [0.15, 0.2) is 29.2 Å². The number of aliphatic hydroxyl groups is 1. The van der Waals surface area contributed by atoms with Crippen LogP contribution in [0.25, 0.3) is 0 Å². The van der Waals surface area contributed by atoms with E-state index in [4.69, 9.17) is 23.7 Å². The summed E-state index contributed by atoms with van der Waals surface area (Å²) < 4.78 is 28.0. The van der Waals surface area contributed by atoms with E-state index in [1.54, 1.807) is 31.3 Å². The molecule has 0 unspecified atom stereocenters. The fourth-order valence-electron chi connectivity index (χ4n) is 4.07. The van der Waals surface area contributed by atoms with E-state index in [1.165, 1.54) is 7.11 Å². The third kappa shape index (κ3) is 8.77. The van der Waals surface area contributed by atoms with Crippen LogP contribution >= 0.6 is 0 Å². The van der Waals surface area contributed by atoms with Gasteiger partial charge >= 0.3 is 12.0 Å². The highest BCUT2D eigenvalue weighted by molar-refractivity contribution is 5.95. The Balaban J connectivity index is 1.66. The second-order valence-electron chi connectivity index (χ2n) is 9.76.